The van der Waals surface area contributed by atoms with E-state index in [1.807, 2.05) is 23.7 Å². The summed E-state index contributed by atoms with van der Waals surface area (Å²) in [4.78, 5) is 16.6. The maximum absolute atomic E-state index is 12.3. The minimum absolute atomic E-state index is 0.172. The number of anilines is 1. The van der Waals surface area contributed by atoms with Crippen molar-refractivity contribution in [3.8, 4) is 0 Å². The number of hydrogen-bond donors (Lipinski definition) is 2. The molecule has 0 saturated heterocycles. The van der Waals surface area contributed by atoms with Gasteiger partial charge in [-0.25, -0.2) is 4.98 Å². The van der Waals surface area contributed by atoms with Crippen LogP contribution in [0.1, 0.15) is 35.3 Å². The maximum atomic E-state index is 12.3. The summed E-state index contributed by atoms with van der Waals surface area (Å²) in [7, 11) is 1.93. The summed E-state index contributed by atoms with van der Waals surface area (Å²) < 4.78 is 1.92. The van der Waals surface area contributed by atoms with E-state index in [1.165, 1.54) is 6.42 Å². The molecule has 1 aromatic carbocycles. The van der Waals surface area contributed by atoms with Gasteiger partial charge in [-0.05, 0) is 30.5 Å². The van der Waals surface area contributed by atoms with Crippen LogP contribution in [0.2, 0.25) is 0 Å². The predicted molar refractivity (Wildman–Crippen MR) is 83.8 cm³/mol. The lowest BCUT2D eigenvalue weighted by molar-refractivity contribution is 0.102. The number of fused-ring (bicyclic) bond motifs is 1. The molecule has 1 saturated carbocycles. The minimum atomic E-state index is -0.172. The number of H-pyrrole nitrogens is 1. The van der Waals surface area contributed by atoms with Crippen LogP contribution in [0.15, 0.2) is 30.6 Å². The lowest BCUT2D eigenvalue weighted by Gasteiger charge is -2.02. The molecule has 2 aromatic heterocycles. The summed E-state index contributed by atoms with van der Waals surface area (Å²) in [6.07, 6.45) is 2.93. The van der Waals surface area contributed by atoms with E-state index in [2.05, 4.69) is 27.4 Å². The standard InChI is InChI=1S/C16H17N5O/c1-9-5-11(9)12-7-15(20-19-12)18-16(22)10-3-4-14-13(6-10)17-8-21(14)2/h3-4,6-9,11H,5H2,1-2H3,(H2,18,19,20,22). The third kappa shape index (κ3) is 2.16. The molecule has 0 spiro atoms. The first-order valence-corrected chi connectivity index (χ1v) is 7.39. The Kier molecular flexibility index (Phi) is 2.79. The zero-order chi connectivity index (χ0) is 15.3. The van der Waals surface area contributed by atoms with E-state index in [1.54, 1.807) is 18.5 Å². The zero-order valence-corrected chi connectivity index (χ0v) is 12.5. The van der Waals surface area contributed by atoms with Crippen molar-refractivity contribution in [3.05, 3.63) is 41.9 Å². The van der Waals surface area contributed by atoms with Crippen molar-refractivity contribution in [2.45, 2.75) is 19.3 Å². The first kappa shape index (κ1) is 13.1. The van der Waals surface area contributed by atoms with Crippen LogP contribution in [-0.2, 0) is 7.05 Å². The highest BCUT2D eigenvalue weighted by molar-refractivity contribution is 6.05. The Morgan fingerprint density at radius 3 is 3.00 bits per heavy atom. The normalized spacial score (nSPS) is 20.3. The largest absolute Gasteiger partial charge is 0.334 e. The van der Waals surface area contributed by atoms with Crippen LogP contribution < -0.4 is 5.32 Å². The summed E-state index contributed by atoms with van der Waals surface area (Å²) in [5.41, 5.74) is 3.49. The molecule has 3 aromatic rings. The van der Waals surface area contributed by atoms with Gasteiger partial charge in [-0.15, -0.1) is 0 Å². The highest BCUT2D eigenvalue weighted by Crippen LogP contribution is 2.46. The van der Waals surface area contributed by atoms with Gasteiger partial charge in [0.25, 0.3) is 5.91 Å². The first-order chi connectivity index (χ1) is 10.6. The fourth-order valence-corrected chi connectivity index (χ4v) is 2.81. The number of benzene rings is 1. The van der Waals surface area contributed by atoms with Crippen LogP contribution in [0.3, 0.4) is 0 Å². The van der Waals surface area contributed by atoms with Gasteiger partial charge in [-0.2, -0.15) is 5.10 Å². The van der Waals surface area contributed by atoms with Crippen LogP contribution in [0.4, 0.5) is 5.82 Å². The van der Waals surface area contributed by atoms with E-state index in [4.69, 9.17) is 0 Å². The highest BCUT2D eigenvalue weighted by Gasteiger charge is 2.35. The SMILES string of the molecule is CC1CC1c1cc(NC(=O)c2ccc3c(c2)ncn3C)n[nH]1. The molecule has 2 unspecified atom stereocenters. The van der Waals surface area contributed by atoms with E-state index in [0.29, 0.717) is 23.2 Å². The monoisotopic (exact) mass is 295 g/mol. The van der Waals surface area contributed by atoms with E-state index in [0.717, 1.165) is 16.7 Å². The van der Waals surface area contributed by atoms with Crippen LogP contribution in [0.25, 0.3) is 11.0 Å². The number of carbonyl (C=O) groups excluding carboxylic acids is 1. The quantitative estimate of drug-likeness (QED) is 0.780. The number of aromatic nitrogens is 4. The van der Waals surface area contributed by atoms with Crippen molar-refractivity contribution < 1.29 is 4.79 Å². The van der Waals surface area contributed by atoms with Crippen molar-refractivity contribution in [2.75, 3.05) is 5.32 Å². The van der Waals surface area contributed by atoms with E-state index in [9.17, 15) is 4.79 Å². The van der Waals surface area contributed by atoms with Crippen molar-refractivity contribution in [3.63, 3.8) is 0 Å². The Balaban J connectivity index is 1.54. The number of nitrogens with one attached hydrogen (secondary N) is 2. The highest BCUT2D eigenvalue weighted by atomic mass is 16.1. The number of hydrogen-bond acceptors (Lipinski definition) is 3. The van der Waals surface area contributed by atoms with Crippen molar-refractivity contribution in [1.29, 1.82) is 0 Å². The third-order valence-corrected chi connectivity index (χ3v) is 4.34. The number of aromatic amines is 1. The maximum Gasteiger partial charge on any atom is 0.256 e. The second-order valence-corrected chi connectivity index (χ2v) is 6.04. The van der Waals surface area contributed by atoms with Crippen molar-refractivity contribution in [1.82, 2.24) is 19.7 Å². The van der Waals surface area contributed by atoms with Crippen LogP contribution in [0, 0.1) is 5.92 Å². The van der Waals surface area contributed by atoms with Gasteiger partial charge in [0.1, 0.15) is 0 Å². The van der Waals surface area contributed by atoms with E-state index < -0.39 is 0 Å². The molecule has 1 amide bonds. The van der Waals surface area contributed by atoms with Crippen LogP contribution >= 0.6 is 0 Å². The number of aryl methyl sites for hydroxylation is 1. The summed E-state index contributed by atoms with van der Waals surface area (Å²) >= 11 is 0. The molecule has 4 rings (SSSR count). The van der Waals surface area contributed by atoms with Crippen LogP contribution in [-0.4, -0.2) is 25.7 Å². The molecule has 2 N–H and O–H groups in total. The summed E-state index contributed by atoms with van der Waals surface area (Å²) in [5.74, 6) is 1.66. The van der Waals surface area contributed by atoms with E-state index in [-0.39, 0.29) is 5.91 Å². The lowest BCUT2D eigenvalue weighted by atomic mass is 10.2. The number of imidazole rings is 1. The molecule has 2 heterocycles. The zero-order valence-electron chi connectivity index (χ0n) is 12.5. The Labute approximate surface area is 127 Å². The van der Waals surface area contributed by atoms with Crippen molar-refractivity contribution in [2.24, 2.45) is 13.0 Å². The molecule has 1 aliphatic rings. The summed E-state index contributed by atoms with van der Waals surface area (Å²) in [6, 6.07) is 7.42. The Morgan fingerprint density at radius 2 is 2.23 bits per heavy atom. The molecular weight excluding hydrogens is 278 g/mol. The molecule has 6 heteroatoms. The number of amides is 1. The van der Waals surface area contributed by atoms with Gasteiger partial charge >= 0.3 is 0 Å². The molecule has 0 radical (unpaired) electrons. The Hall–Kier alpha value is -2.63. The van der Waals surface area contributed by atoms with Crippen molar-refractivity contribution >= 4 is 22.8 Å². The summed E-state index contributed by atoms with van der Waals surface area (Å²) in [5, 5.41) is 10.0. The smallest absolute Gasteiger partial charge is 0.256 e. The van der Waals surface area contributed by atoms with Gasteiger partial charge in [0.05, 0.1) is 17.4 Å². The second kappa shape index (κ2) is 4.69. The van der Waals surface area contributed by atoms with Gasteiger partial charge in [-0.1, -0.05) is 6.92 Å². The molecule has 6 nitrogen and oxygen atoms in total. The second-order valence-electron chi connectivity index (χ2n) is 6.04. The van der Waals surface area contributed by atoms with E-state index >= 15 is 0 Å². The fraction of sp³-hybridized carbons (Fsp3) is 0.312. The fourth-order valence-electron chi connectivity index (χ4n) is 2.81. The molecule has 0 bridgehead atoms. The predicted octanol–water partition coefficient (Wildman–Crippen LogP) is 2.67. The average molecular weight is 295 g/mol. The molecule has 0 aliphatic heterocycles. The number of carbonyl (C=O) groups is 1. The number of nitrogens with zero attached hydrogens (tertiary/aromatic N) is 3. The molecule has 2 atom stereocenters. The topological polar surface area (TPSA) is 75.6 Å². The molecular formula is C16H17N5O. The third-order valence-electron chi connectivity index (χ3n) is 4.34. The summed E-state index contributed by atoms with van der Waals surface area (Å²) in [6.45, 7) is 2.21. The molecule has 1 fully saturated rings. The van der Waals surface area contributed by atoms with Gasteiger partial charge in [0.2, 0.25) is 0 Å². The minimum Gasteiger partial charge on any atom is -0.334 e. The Morgan fingerprint density at radius 1 is 1.41 bits per heavy atom. The molecule has 112 valence electrons. The first-order valence-electron chi connectivity index (χ1n) is 7.39. The molecule has 22 heavy (non-hydrogen) atoms. The van der Waals surface area contributed by atoms with Gasteiger partial charge in [-0.3, -0.25) is 9.89 Å². The Bertz CT molecular complexity index is 862. The lowest BCUT2D eigenvalue weighted by Crippen LogP contribution is -2.12. The van der Waals surface area contributed by atoms with Gasteiger partial charge in [0, 0.05) is 30.3 Å². The van der Waals surface area contributed by atoms with Gasteiger partial charge in [0.15, 0.2) is 5.82 Å². The van der Waals surface area contributed by atoms with Gasteiger partial charge < -0.3 is 9.88 Å². The molecule has 1 aliphatic carbocycles. The van der Waals surface area contributed by atoms with Crippen LogP contribution in [0.5, 0.6) is 0 Å². The number of rotatable bonds is 3. The average Bonchev–Trinajstić information content (AvgIpc) is 2.92.